The van der Waals surface area contributed by atoms with Gasteiger partial charge in [-0.3, -0.25) is 4.98 Å². The molecule has 112 valence electrons. The van der Waals surface area contributed by atoms with Gasteiger partial charge in [0, 0.05) is 30.4 Å². The molecule has 0 amide bonds. The van der Waals surface area contributed by atoms with Gasteiger partial charge in [-0.2, -0.15) is 0 Å². The SMILES string of the molecule is CCN1CCC(CNCc2c(CO)cnc(C)c2O)C1. The molecular weight excluding hydrogens is 254 g/mol. The monoisotopic (exact) mass is 279 g/mol. The maximum atomic E-state index is 10.1. The van der Waals surface area contributed by atoms with E-state index in [0.29, 0.717) is 23.7 Å². The highest BCUT2D eigenvalue weighted by Gasteiger charge is 2.20. The van der Waals surface area contributed by atoms with Crippen molar-refractivity contribution in [1.29, 1.82) is 0 Å². The number of hydrogen-bond acceptors (Lipinski definition) is 5. The Labute approximate surface area is 120 Å². The standard InChI is InChI=1S/C15H25N3O2/c1-3-18-5-4-12(9-18)6-16-8-14-13(10-19)7-17-11(2)15(14)20/h7,12,16,19-20H,3-6,8-10H2,1-2H3. The third-order valence-corrected chi connectivity index (χ3v) is 4.15. The minimum Gasteiger partial charge on any atom is -0.506 e. The van der Waals surface area contributed by atoms with Crippen molar-refractivity contribution in [2.24, 2.45) is 5.92 Å². The van der Waals surface area contributed by atoms with Crippen molar-refractivity contribution < 1.29 is 10.2 Å². The molecule has 0 aromatic carbocycles. The molecule has 2 heterocycles. The van der Waals surface area contributed by atoms with Crippen LogP contribution in [0.3, 0.4) is 0 Å². The van der Waals surface area contributed by atoms with E-state index in [9.17, 15) is 10.2 Å². The Morgan fingerprint density at radius 1 is 1.50 bits per heavy atom. The van der Waals surface area contributed by atoms with Crippen LogP contribution < -0.4 is 5.32 Å². The molecule has 0 bridgehead atoms. The largest absolute Gasteiger partial charge is 0.506 e. The van der Waals surface area contributed by atoms with Crippen molar-refractivity contribution in [1.82, 2.24) is 15.2 Å². The van der Waals surface area contributed by atoms with Crippen molar-refractivity contribution >= 4 is 0 Å². The van der Waals surface area contributed by atoms with Gasteiger partial charge in [0.15, 0.2) is 0 Å². The lowest BCUT2D eigenvalue weighted by atomic mass is 10.1. The molecule has 3 N–H and O–H groups in total. The summed E-state index contributed by atoms with van der Waals surface area (Å²) in [5.41, 5.74) is 2.07. The number of likely N-dealkylation sites (tertiary alicyclic amines) is 1. The maximum absolute atomic E-state index is 10.1. The molecule has 1 unspecified atom stereocenters. The molecule has 1 aliphatic heterocycles. The molecule has 0 aliphatic carbocycles. The van der Waals surface area contributed by atoms with E-state index < -0.39 is 0 Å². The van der Waals surface area contributed by atoms with Crippen LogP contribution in [0.15, 0.2) is 6.20 Å². The summed E-state index contributed by atoms with van der Waals surface area (Å²) in [6, 6.07) is 0. The molecule has 0 spiro atoms. The van der Waals surface area contributed by atoms with E-state index >= 15 is 0 Å². The number of nitrogens with zero attached hydrogens (tertiary/aromatic N) is 2. The van der Waals surface area contributed by atoms with Crippen LogP contribution in [0.2, 0.25) is 0 Å². The molecule has 0 radical (unpaired) electrons. The van der Waals surface area contributed by atoms with E-state index in [-0.39, 0.29) is 12.4 Å². The first-order valence-electron chi connectivity index (χ1n) is 7.36. The second kappa shape index (κ2) is 7.02. The fraction of sp³-hybridized carbons (Fsp3) is 0.667. The third kappa shape index (κ3) is 3.48. The number of nitrogens with one attached hydrogen (secondary N) is 1. The maximum Gasteiger partial charge on any atom is 0.141 e. The number of aliphatic hydroxyl groups excluding tert-OH is 1. The molecule has 5 heteroatoms. The van der Waals surface area contributed by atoms with Gasteiger partial charge in [0.05, 0.1) is 12.3 Å². The summed E-state index contributed by atoms with van der Waals surface area (Å²) in [4.78, 5) is 6.53. The van der Waals surface area contributed by atoms with E-state index in [1.54, 1.807) is 13.1 Å². The van der Waals surface area contributed by atoms with Crippen LogP contribution in [0.4, 0.5) is 0 Å². The summed E-state index contributed by atoms with van der Waals surface area (Å²) < 4.78 is 0. The molecule has 2 rings (SSSR count). The Morgan fingerprint density at radius 3 is 2.95 bits per heavy atom. The van der Waals surface area contributed by atoms with E-state index in [0.717, 1.165) is 25.2 Å². The molecular formula is C15H25N3O2. The average Bonchev–Trinajstić information content (AvgIpc) is 2.91. The highest BCUT2D eigenvalue weighted by atomic mass is 16.3. The van der Waals surface area contributed by atoms with Crippen molar-refractivity contribution in [3.8, 4) is 5.75 Å². The zero-order valence-corrected chi connectivity index (χ0v) is 12.4. The third-order valence-electron chi connectivity index (χ3n) is 4.15. The number of hydrogen-bond donors (Lipinski definition) is 3. The van der Waals surface area contributed by atoms with Crippen LogP contribution in [-0.4, -0.2) is 46.3 Å². The molecule has 5 nitrogen and oxygen atoms in total. The Kier molecular flexibility index (Phi) is 5.34. The average molecular weight is 279 g/mol. The topological polar surface area (TPSA) is 68.6 Å². The number of pyridine rings is 1. The molecule has 1 aromatic rings. The predicted molar refractivity (Wildman–Crippen MR) is 78.5 cm³/mol. The quantitative estimate of drug-likeness (QED) is 0.725. The molecule has 1 atom stereocenters. The lowest BCUT2D eigenvalue weighted by molar-refractivity contribution is 0.278. The Morgan fingerprint density at radius 2 is 2.30 bits per heavy atom. The smallest absolute Gasteiger partial charge is 0.141 e. The normalized spacial score (nSPS) is 19.6. The second-order valence-corrected chi connectivity index (χ2v) is 5.53. The van der Waals surface area contributed by atoms with Gasteiger partial charge in [0.2, 0.25) is 0 Å². The number of aliphatic hydroxyl groups is 1. The van der Waals surface area contributed by atoms with Crippen molar-refractivity contribution in [3.63, 3.8) is 0 Å². The summed E-state index contributed by atoms with van der Waals surface area (Å²) in [5, 5.41) is 22.8. The fourth-order valence-electron chi connectivity index (χ4n) is 2.79. The van der Waals surface area contributed by atoms with E-state index in [1.807, 2.05) is 0 Å². The molecule has 20 heavy (non-hydrogen) atoms. The van der Waals surface area contributed by atoms with Crippen LogP contribution >= 0.6 is 0 Å². The Bertz CT molecular complexity index is 451. The van der Waals surface area contributed by atoms with Crippen LogP contribution in [0, 0.1) is 12.8 Å². The van der Waals surface area contributed by atoms with Gasteiger partial charge >= 0.3 is 0 Å². The van der Waals surface area contributed by atoms with E-state index in [4.69, 9.17) is 0 Å². The summed E-state index contributed by atoms with van der Waals surface area (Å²) >= 11 is 0. The highest BCUT2D eigenvalue weighted by molar-refractivity contribution is 5.40. The van der Waals surface area contributed by atoms with Crippen LogP contribution in [0.25, 0.3) is 0 Å². The van der Waals surface area contributed by atoms with Gasteiger partial charge < -0.3 is 20.4 Å². The molecule has 1 saturated heterocycles. The van der Waals surface area contributed by atoms with Gasteiger partial charge in [-0.25, -0.2) is 0 Å². The first kappa shape index (κ1) is 15.2. The number of aryl methyl sites for hydroxylation is 1. The fourth-order valence-corrected chi connectivity index (χ4v) is 2.79. The molecule has 0 saturated carbocycles. The number of rotatable bonds is 6. The number of aromatic nitrogens is 1. The minimum absolute atomic E-state index is 0.0924. The second-order valence-electron chi connectivity index (χ2n) is 5.53. The Hall–Kier alpha value is -1.17. The van der Waals surface area contributed by atoms with Gasteiger partial charge in [-0.05, 0) is 38.9 Å². The molecule has 1 fully saturated rings. The lowest BCUT2D eigenvalue weighted by Gasteiger charge is -2.15. The summed E-state index contributed by atoms with van der Waals surface area (Å²) in [5.74, 6) is 0.878. The zero-order chi connectivity index (χ0) is 14.5. The first-order valence-corrected chi connectivity index (χ1v) is 7.36. The van der Waals surface area contributed by atoms with Crippen LogP contribution in [0.5, 0.6) is 5.75 Å². The summed E-state index contributed by atoms with van der Waals surface area (Å²) in [7, 11) is 0. The number of aromatic hydroxyl groups is 1. The van der Waals surface area contributed by atoms with E-state index in [2.05, 4.69) is 22.1 Å². The van der Waals surface area contributed by atoms with Crippen molar-refractivity contribution in [2.75, 3.05) is 26.2 Å². The lowest BCUT2D eigenvalue weighted by Crippen LogP contribution is -2.26. The van der Waals surface area contributed by atoms with Gasteiger partial charge in [-0.1, -0.05) is 6.92 Å². The predicted octanol–water partition coefficient (Wildman–Crippen LogP) is 1.02. The van der Waals surface area contributed by atoms with Crippen LogP contribution in [-0.2, 0) is 13.2 Å². The summed E-state index contributed by atoms with van der Waals surface area (Å²) in [6.07, 6.45) is 2.87. The molecule has 1 aliphatic rings. The first-order chi connectivity index (χ1) is 9.65. The van der Waals surface area contributed by atoms with Gasteiger partial charge in [0.25, 0.3) is 0 Å². The van der Waals surface area contributed by atoms with Gasteiger partial charge in [-0.15, -0.1) is 0 Å². The van der Waals surface area contributed by atoms with E-state index in [1.165, 1.54) is 13.0 Å². The summed E-state index contributed by atoms with van der Waals surface area (Å²) in [6.45, 7) is 8.86. The Balaban J connectivity index is 1.89. The van der Waals surface area contributed by atoms with Crippen molar-refractivity contribution in [2.45, 2.75) is 33.4 Å². The molecule has 1 aromatic heterocycles. The zero-order valence-electron chi connectivity index (χ0n) is 12.4. The highest BCUT2D eigenvalue weighted by Crippen LogP contribution is 2.24. The van der Waals surface area contributed by atoms with Crippen molar-refractivity contribution in [3.05, 3.63) is 23.0 Å². The minimum atomic E-state index is -0.0924. The van der Waals surface area contributed by atoms with Gasteiger partial charge in [0.1, 0.15) is 5.75 Å². The van der Waals surface area contributed by atoms with Crippen LogP contribution in [0.1, 0.15) is 30.2 Å².